The molecule has 110 valence electrons. The Morgan fingerprint density at radius 2 is 2.00 bits per heavy atom. The molecule has 0 saturated carbocycles. The average molecular weight is 283 g/mol. The number of hydrogen-bond donors (Lipinski definition) is 1. The second-order valence-electron chi connectivity index (χ2n) is 7.10. The summed E-state index contributed by atoms with van der Waals surface area (Å²) in [6.07, 6.45) is 5.33. The van der Waals surface area contributed by atoms with Gasteiger partial charge in [0.2, 0.25) is 0 Å². The highest BCUT2D eigenvalue weighted by Crippen LogP contribution is 2.42. The third-order valence-corrected chi connectivity index (χ3v) is 7.01. The van der Waals surface area contributed by atoms with Crippen molar-refractivity contribution in [3.8, 4) is 0 Å². The monoisotopic (exact) mass is 283 g/mol. The first-order valence-corrected chi connectivity index (χ1v) is 8.89. The van der Waals surface area contributed by atoms with Crippen molar-refractivity contribution in [2.75, 3.05) is 38.5 Å². The van der Waals surface area contributed by atoms with E-state index >= 15 is 0 Å². The molecule has 0 aromatic heterocycles. The Balaban J connectivity index is 1.78. The quantitative estimate of drug-likeness (QED) is 0.837. The molecule has 0 amide bonds. The first kappa shape index (κ1) is 14.2. The molecule has 0 aliphatic carbocycles. The van der Waals surface area contributed by atoms with Crippen LogP contribution in [0.25, 0.3) is 0 Å². The molecule has 3 aliphatic heterocycles. The van der Waals surface area contributed by atoms with E-state index in [9.17, 15) is 0 Å². The topological polar surface area (TPSA) is 32.5 Å². The minimum absolute atomic E-state index is 0.289. The van der Waals surface area contributed by atoms with Crippen molar-refractivity contribution in [3.05, 3.63) is 0 Å². The van der Waals surface area contributed by atoms with Crippen molar-refractivity contribution < 1.29 is 0 Å². The molecule has 2 unspecified atom stereocenters. The average Bonchev–Trinajstić information content (AvgIpc) is 2.91. The molecular weight excluding hydrogens is 254 g/mol. The summed E-state index contributed by atoms with van der Waals surface area (Å²) in [5.41, 5.74) is 6.59. The molecule has 2 N–H and O–H groups in total. The van der Waals surface area contributed by atoms with E-state index in [-0.39, 0.29) is 5.54 Å². The van der Waals surface area contributed by atoms with E-state index in [1.807, 2.05) is 0 Å². The normalized spacial score (nSPS) is 40.3. The highest BCUT2D eigenvalue weighted by molar-refractivity contribution is 8.00. The molecule has 0 bridgehead atoms. The van der Waals surface area contributed by atoms with Gasteiger partial charge in [0, 0.05) is 48.3 Å². The molecule has 4 heteroatoms. The molecule has 0 spiro atoms. The van der Waals surface area contributed by atoms with Crippen LogP contribution in [0.3, 0.4) is 0 Å². The van der Waals surface area contributed by atoms with Gasteiger partial charge in [0.15, 0.2) is 0 Å². The number of hydrogen-bond acceptors (Lipinski definition) is 4. The van der Waals surface area contributed by atoms with Crippen LogP contribution in [0.2, 0.25) is 0 Å². The molecule has 3 saturated heterocycles. The maximum Gasteiger partial charge on any atom is 0.0499 e. The van der Waals surface area contributed by atoms with Gasteiger partial charge in [-0.05, 0) is 32.2 Å². The predicted octanol–water partition coefficient (Wildman–Crippen LogP) is 1.77. The maximum absolute atomic E-state index is 6.30. The minimum Gasteiger partial charge on any atom is -0.329 e. The molecule has 3 rings (SSSR count). The molecule has 3 aliphatic rings. The van der Waals surface area contributed by atoms with Gasteiger partial charge in [-0.15, -0.1) is 0 Å². The van der Waals surface area contributed by atoms with E-state index in [1.165, 1.54) is 57.6 Å². The van der Waals surface area contributed by atoms with Gasteiger partial charge in [-0.1, -0.05) is 13.8 Å². The Bertz CT molecular complexity index is 333. The predicted molar refractivity (Wildman–Crippen MR) is 83.7 cm³/mol. The molecule has 2 atom stereocenters. The Morgan fingerprint density at radius 1 is 1.16 bits per heavy atom. The van der Waals surface area contributed by atoms with E-state index < -0.39 is 0 Å². The van der Waals surface area contributed by atoms with Crippen LogP contribution < -0.4 is 5.73 Å². The summed E-state index contributed by atoms with van der Waals surface area (Å²) in [4.78, 5) is 5.47. The third-order valence-electron chi connectivity index (χ3n) is 5.64. The van der Waals surface area contributed by atoms with Gasteiger partial charge in [0.25, 0.3) is 0 Å². The van der Waals surface area contributed by atoms with Crippen molar-refractivity contribution >= 4 is 11.8 Å². The fourth-order valence-electron chi connectivity index (χ4n) is 4.41. The summed E-state index contributed by atoms with van der Waals surface area (Å²) >= 11 is 2.14. The van der Waals surface area contributed by atoms with Crippen molar-refractivity contribution in [2.45, 2.75) is 55.9 Å². The minimum atomic E-state index is 0.289. The Morgan fingerprint density at radius 3 is 2.79 bits per heavy atom. The summed E-state index contributed by atoms with van der Waals surface area (Å²) in [7, 11) is 0. The zero-order valence-electron chi connectivity index (χ0n) is 12.5. The first-order chi connectivity index (χ1) is 9.07. The van der Waals surface area contributed by atoms with E-state index in [4.69, 9.17) is 5.73 Å². The lowest BCUT2D eigenvalue weighted by Gasteiger charge is -2.44. The second kappa shape index (κ2) is 5.21. The molecule has 0 aromatic rings. The second-order valence-corrected chi connectivity index (χ2v) is 8.90. The molecule has 19 heavy (non-hydrogen) atoms. The van der Waals surface area contributed by atoms with Crippen molar-refractivity contribution in [2.24, 2.45) is 5.73 Å². The van der Waals surface area contributed by atoms with Gasteiger partial charge in [-0.3, -0.25) is 9.80 Å². The summed E-state index contributed by atoms with van der Waals surface area (Å²) in [6.45, 7) is 10.7. The van der Waals surface area contributed by atoms with Crippen LogP contribution in [0.1, 0.15) is 39.5 Å². The molecule has 3 fully saturated rings. The SMILES string of the molecule is CC1(C)CCN(C2(CN)CCN3CCCC32)CCS1. The van der Waals surface area contributed by atoms with Crippen LogP contribution in [0.5, 0.6) is 0 Å². The molecule has 3 heterocycles. The van der Waals surface area contributed by atoms with Crippen molar-refractivity contribution in [3.63, 3.8) is 0 Å². The van der Waals surface area contributed by atoms with Crippen molar-refractivity contribution in [1.82, 2.24) is 9.80 Å². The first-order valence-electron chi connectivity index (χ1n) is 7.91. The van der Waals surface area contributed by atoms with Gasteiger partial charge in [0.1, 0.15) is 0 Å². The van der Waals surface area contributed by atoms with Gasteiger partial charge >= 0.3 is 0 Å². The Hall–Kier alpha value is 0.230. The van der Waals surface area contributed by atoms with Crippen LogP contribution in [-0.2, 0) is 0 Å². The number of rotatable bonds is 2. The fraction of sp³-hybridized carbons (Fsp3) is 1.00. The van der Waals surface area contributed by atoms with E-state index in [0.29, 0.717) is 4.75 Å². The summed E-state index contributed by atoms with van der Waals surface area (Å²) in [5, 5.41) is 0. The number of nitrogens with two attached hydrogens (primary N) is 1. The zero-order chi connectivity index (χ0) is 13.5. The molecule has 3 nitrogen and oxygen atoms in total. The molecular formula is C15H29N3S. The van der Waals surface area contributed by atoms with Gasteiger partial charge < -0.3 is 5.73 Å². The lowest BCUT2D eigenvalue weighted by atomic mass is 9.86. The smallest absolute Gasteiger partial charge is 0.0499 e. The van der Waals surface area contributed by atoms with Crippen LogP contribution in [0, 0.1) is 0 Å². The fourth-order valence-corrected chi connectivity index (χ4v) is 5.51. The lowest BCUT2D eigenvalue weighted by Crippen LogP contribution is -2.60. The molecule has 0 radical (unpaired) electrons. The number of fused-ring (bicyclic) bond motifs is 1. The summed E-state index contributed by atoms with van der Waals surface area (Å²) < 4.78 is 0.443. The standard InChI is InChI=1S/C15H29N3S/c1-14(2)5-9-18(10-11-19-14)15(12-16)6-8-17-7-3-4-13(15)17/h13H,3-12,16H2,1-2H3. The summed E-state index contributed by atoms with van der Waals surface area (Å²) in [6, 6.07) is 0.740. The largest absolute Gasteiger partial charge is 0.329 e. The van der Waals surface area contributed by atoms with Gasteiger partial charge in [-0.2, -0.15) is 11.8 Å². The Labute approximate surface area is 122 Å². The highest BCUT2D eigenvalue weighted by atomic mass is 32.2. The number of nitrogens with zero attached hydrogens (tertiary/aromatic N) is 2. The van der Waals surface area contributed by atoms with Crippen LogP contribution in [0.4, 0.5) is 0 Å². The van der Waals surface area contributed by atoms with Gasteiger partial charge in [-0.25, -0.2) is 0 Å². The van der Waals surface area contributed by atoms with Gasteiger partial charge in [0.05, 0.1) is 0 Å². The Kier molecular flexibility index (Phi) is 3.89. The van der Waals surface area contributed by atoms with E-state index in [0.717, 1.165) is 12.6 Å². The van der Waals surface area contributed by atoms with E-state index in [1.54, 1.807) is 0 Å². The summed E-state index contributed by atoms with van der Waals surface area (Å²) in [5.74, 6) is 1.27. The van der Waals surface area contributed by atoms with E-state index in [2.05, 4.69) is 35.4 Å². The third kappa shape index (κ3) is 2.45. The van der Waals surface area contributed by atoms with Crippen LogP contribution in [-0.4, -0.2) is 64.6 Å². The molecule has 0 aromatic carbocycles. The van der Waals surface area contributed by atoms with Crippen molar-refractivity contribution in [1.29, 1.82) is 0 Å². The number of thioether (sulfide) groups is 1. The lowest BCUT2D eigenvalue weighted by molar-refractivity contribution is 0.0700. The highest BCUT2D eigenvalue weighted by Gasteiger charge is 2.51. The maximum atomic E-state index is 6.30. The van der Waals surface area contributed by atoms with Crippen LogP contribution in [0.15, 0.2) is 0 Å². The zero-order valence-corrected chi connectivity index (χ0v) is 13.3. The van der Waals surface area contributed by atoms with Crippen LogP contribution >= 0.6 is 11.8 Å².